The zero-order valence-corrected chi connectivity index (χ0v) is 10.0. The van der Waals surface area contributed by atoms with Crippen LogP contribution in [0.2, 0.25) is 19.6 Å². The molecule has 0 aromatic heterocycles. The van der Waals surface area contributed by atoms with Crippen molar-refractivity contribution in [2.45, 2.75) is 19.6 Å². The van der Waals surface area contributed by atoms with Crippen LogP contribution < -0.4 is 0 Å². The topological polar surface area (TPSA) is 0 Å². The van der Waals surface area contributed by atoms with E-state index in [-0.39, 0.29) is 0 Å². The summed E-state index contributed by atoms with van der Waals surface area (Å²) in [7, 11) is -1.34. The van der Waals surface area contributed by atoms with E-state index in [9.17, 15) is 0 Å². The van der Waals surface area contributed by atoms with E-state index in [1.54, 1.807) is 0 Å². The van der Waals surface area contributed by atoms with E-state index in [0.717, 1.165) is 0 Å². The molecule has 0 atom stereocenters. The van der Waals surface area contributed by atoms with Crippen molar-refractivity contribution in [2.75, 3.05) is 0 Å². The summed E-state index contributed by atoms with van der Waals surface area (Å²) in [6.07, 6.45) is 7.65. The van der Waals surface area contributed by atoms with Gasteiger partial charge in [0.05, 0.1) is 8.07 Å². The van der Waals surface area contributed by atoms with Crippen LogP contribution >= 0.6 is 0 Å². The minimum absolute atomic E-state index is 1.17. The van der Waals surface area contributed by atoms with Crippen LogP contribution in [0.15, 0.2) is 35.5 Å². The molecule has 72 valence electrons. The highest BCUT2D eigenvalue weighted by Gasteiger charge is 2.17. The predicted octanol–water partition coefficient (Wildman–Crippen LogP) is 3.58. The number of allylic oxidation sites excluding steroid dienone is 1. The predicted molar refractivity (Wildman–Crippen MR) is 66.6 cm³/mol. The van der Waals surface area contributed by atoms with Crippen molar-refractivity contribution < 1.29 is 0 Å². The first-order chi connectivity index (χ1) is 6.54. The molecule has 0 nitrogen and oxygen atoms in total. The van der Waals surface area contributed by atoms with Gasteiger partial charge in [0.25, 0.3) is 0 Å². The summed E-state index contributed by atoms with van der Waals surface area (Å²) >= 11 is 0. The van der Waals surface area contributed by atoms with Gasteiger partial charge in [0.1, 0.15) is 0 Å². The highest BCUT2D eigenvalue weighted by Crippen LogP contribution is 2.16. The van der Waals surface area contributed by atoms with Crippen LogP contribution in [0.25, 0.3) is 6.08 Å². The molecule has 0 heterocycles. The van der Waals surface area contributed by atoms with Crippen LogP contribution in [-0.4, -0.2) is 8.07 Å². The standard InChI is InChI=1S/C13H16Si/c1-5-13(14(2,3)4)11-12-9-7-6-8-10-12/h1,6-11H,2-4H3/b13-11-. The fraction of sp³-hybridized carbons (Fsp3) is 0.231. The molecule has 0 aliphatic carbocycles. The van der Waals surface area contributed by atoms with E-state index >= 15 is 0 Å². The summed E-state index contributed by atoms with van der Waals surface area (Å²) in [5.74, 6) is 2.81. The second-order valence-corrected chi connectivity index (χ2v) is 9.40. The Morgan fingerprint density at radius 1 is 1.21 bits per heavy atom. The van der Waals surface area contributed by atoms with Gasteiger partial charge in [-0.15, -0.1) is 6.42 Å². The average Bonchev–Trinajstić information content (AvgIpc) is 2.14. The molecule has 1 aromatic rings. The Hall–Kier alpha value is -1.26. The minimum Gasteiger partial charge on any atom is -0.115 e. The van der Waals surface area contributed by atoms with E-state index in [2.05, 4.69) is 43.8 Å². The SMILES string of the molecule is C#C/C(=C/c1ccccc1)[Si](C)(C)C. The van der Waals surface area contributed by atoms with Gasteiger partial charge >= 0.3 is 0 Å². The summed E-state index contributed by atoms with van der Waals surface area (Å²) in [5, 5.41) is 1.17. The maximum absolute atomic E-state index is 5.52. The zero-order valence-electron chi connectivity index (χ0n) is 9.04. The fourth-order valence-corrected chi connectivity index (χ4v) is 2.22. The molecule has 1 rings (SSSR count). The van der Waals surface area contributed by atoms with Crippen LogP contribution in [0.4, 0.5) is 0 Å². The molecule has 0 bridgehead atoms. The Morgan fingerprint density at radius 3 is 2.21 bits per heavy atom. The summed E-state index contributed by atoms with van der Waals surface area (Å²) in [6, 6.07) is 10.2. The first-order valence-corrected chi connectivity index (χ1v) is 8.28. The molecule has 0 unspecified atom stereocenters. The van der Waals surface area contributed by atoms with E-state index in [1.807, 2.05) is 18.2 Å². The average molecular weight is 200 g/mol. The van der Waals surface area contributed by atoms with E-state index in [1.165, 1.54) is 10.8 Å². The van der Waals surface area contributed by atoms with Gasteiger partial charge in [-0.05, 0) is 16.8 Å². The van der Waals surface area contributed by atoms with Gasteiger partial charge in [-0.1, -0.05) is 55.9 Å². The molecule has 1 aromatic carbocycles. The van der Waals surface area contributed by atoms with Crippen molar-refractivity contribution in [1.82, 2.24) is 0 Å². The Bertz CT molecular complexity index is 360. The van der Waals surface area contributed by atoms with Crippen molar-refractivity contribution in [1.29, 1.82) is 0 Å². The molecule has 0 N–H and O–H groups in total. The maximum Gasteiger partial charge on any atom is 0.0884 e. The Labute approximate surface area is 87.7 Å². The zero-order chi connectivity index (χ0) is 10.6. The third-order valence-electron chi connectivity index (χ3n) is 2.07. The quantitative estimate of drug-likeness (QED) is 0.505. The third kappa shape index (κ3) is 2.90. The fourth-order valence-electron chi connectivity index (χ4n) is 1.19. The second kappa shape index (κ2) is 4.30. The van der Waals surface area contributed by atoms with Crippen molar-refractivity contribution >= 4 is 14.1 Å². The van der Waals surface area contributed by atoms with Gasteiger partial charge in [-0.2, -0.15) is 0 Å². The van der Waals surface area contributed by atoms with Crippen molar-refractivity contribution in [3.8, 4) is 12.3 Å². The minimum atomic E-state index is -1.34. The molecule has 0 saturated heterocycles. The van der Waals surface area contributed by atoms with E-state index < -0.39 is 8.07 Å². The molecular formula is C13H16Si. The lowest BCUT2D eigenvalue weighted by Crippen LogP contribution is -2.22. The van der Waals surface area contributed by atoms with Gasteiger partial charge < -0.3 is 0 Å². The molecule has 0 radical (unpaired) electrons. The number of terminal acetylenes is 1. The van der Waals surface area contributed by atoms with Gasteiger partial charge in [-0.25, -0.2) is 0 Å². The van der Waals surface area contributed by atoms with E-state index in [4.69, 9.17) is 6.42 Å². The molecule has 0 saturated carbocycles. The van der Waals surface area contributed by atoms with Crippen LogP contribution in [0.1, 0.15) is 5.56 Å². The highest BCUT2D eigenvalue weighted by atomic mass is 28.3. The molecule has 0 fully saturated rings. The monoisotopic (exact) mass is 200 g/mol. The summed E-state index contributed by atoms with van der Waals surface area (Å²) in [5.41, 5.74) is 1.20. The normalized spacial score (nSPS) is 12.3. The number of hydrogen-bond acceptors (Lipinski definition) is 0. The van der Waals surface area contributed by atoms with Gasteiger partial charge in [0.15, 0.2) is 0 Å². The lowest BCUT2D eigenvalue weighted by molar-refractivity contribution is 1.64. The first-order valence-electron chi connectivity index (χ1n) is 4.78. The lowest BCUT2D eigenvalue weighted by Gasteiger charge is -2.15. The van der Waals surface area contributed by atoms with Crippen molar-refractivity contribution in [3.63, 3.8) is 0 Å². The highest BCUT2D eigenvalue weighted by molar-refractivity contribution is 6.84. The molecule has 0 spiro atoms. The van der Waals surface area contributed by atoms with Crippen LogP contribution in [0, 0.1) is 12.3 Å². The van der Waals surface area contributed by atoms with Crippen LogP contribution in [0.5, 0.6) is 0 Å². The van der Waals surface area contributed by atoms with Crippen molar-refractivity contribution in [2.24, 2.45) is 0 Å². The Kier molecular flexibility index (Phi) is 3.32. The largest absolute Gasteiger partial charge is 0.115 e. The Morgan fingerprint density at radius 2 is 1.79 bits per heavy atom. The number of rotatable bonds is 2. The summed E-state index contributed by atoms with van der Waals surface area (Å²) in [6.45, 7) is 6.80. The van der Waals surface area contributed by atoms with Crippen molar-refractivity contribution in [3.05, 3.63) is 41.1 Å². The molecule has 0 aliphatic heterocycles. The van der Waals surface area contributed by atoms with Gasteiger partial charge in [0.2, 0.25) is 0 Å². The molecule has 0 aliphatic rings. The smallest absolute Gasteiger partial charge is 0.0884 e. The van der Waals surface area contributed by atoms with E-state index in [0.29, 0.717) is 0 Å². The summed E-state index contributed by atoms with van der Waals surface area (Å²) < 4.78 is 0. The van der Waals surface area contributed by atoms with Crippen LogP contribution in [-0.2, 0) is 0 Å². The molecule has 14 heavy (non-hydrogen) atoms. The molecular weight excluding hydrogens is 184 g/mol. The summed E-state index contributed by atoms with van der Waals surface area (Å²) in [4.78, 5) is 0. The molecule has 1 heteroatoms. The first kappa shape index (κ1) is 10.8. The Balaban J connectivity index is 3.04. The second-order valence-electron chi connectivity index (χ2n) is 4.36. The van der Waals surface area contributed by atoms with Gasteiger partial charge in [-0.3, -0.25) is 0 Å². The third-order valence-corrected chi connectivity index (χ3v) is 3.98. The van der Waals surface area contributed by atoms with Gasteiger partial charge in [0, 0.05) is 0 Å². The van der Waals surface area contributed by atoms with Crippen LogP contribution in [0.3, 0.4) is 0 Å². The number of benzene rings is 1. The maximum atomic E-state index is 5.52. The molecule has 0 amide bonds. The number of hydrogen-bond donors (Lipinski definition) is 0. The lowest BCUT2D eigenvalue weighted by atomic mass is 10.2.